The molecule has 1 amide bonds. The Morgan fingerprint density at radius 3 is 2.65 bits per heavy atom. The molecule has 0 spiro atoms. The lowest BCUT2D eigenvalue weighted by atomic mass is 10.1. The Balaban J connectivity index is 1.65. The van der Waals surface area contributed by atoms with Crippen molar-refractivity contribution in [3.8, 4) is 6.07 Å². The van der Waals surface area contributed by atoms with Crippen LogP contribution in [0.1, 0.15) is 40.7 Å². The van der Waals surface area contributed by atoms with Crippen molar-refractivity contribution < 1.29 is 18.7 Å². The largest absolute Gasteiger partial charge is 0.457 e. The van der Waals surface area contributed by atoms with Gasteiger partial charge in [-0.2, -0.15) is 5.26 Å². The van der Waals surface area contributed by atoms with Gasteiger partial charge in [0.15, 0.2) is 0 Å². The molecule has 132 valence electrons. The molecule has 1 heterocycles. The van der Waals surface area contributed by atoms with Gasteiger partial charge < -0.3 is 9.64 Å². The van der Waals surface area contributed by atoms with Crippen LogP contribution in [0.3, 0.4) is 0 Å². The van der Waals surface area contributed by atoms with Crippen molar-refractivity contribution in [3.05, 3.63) is 65.0 Å². The summed E-state index contributed by atoms with van der Waals surface area (Å²) in [5.41, 5.74) is 1.51. The zero-order chi connectivity index (χ0) is 18.5. The van der Waals surface area contributed by atoms with Crippen LogP contribution in [-0.4, -0.2) is 18.4 Å². The Morgan fingerprint density at radius 2 is 1.96 bits per heavy atom. The molecule has 5 nitrogen and oxygen atoms in total. The van der Waals surface area contributed by atoms with Crippen LogP contribution in [0.2, 0.25) is 0 Å². The predicted molar refractivity (Wildman–Crippen MR) is 92.9 cm³/mol. The first-order valence-corrected chi connectivity index (χ1v) is 8.34. The quantitative estimate of drug-likeness (QED) is 0.789. The molecule has 0 aliphatic carbocycles. The van der Waals surface area contributed by atoms with Crippen LogP contribution >= 0.6 is 0 Å². The Labute approximate surface area is 150 Å². The van der Waals surface area contributed by atoms with Crippen LogP contribution in [0.4, 0.5) is 10.1 Å². The van der Waals surface area contributed by atoms with Gasteiger partial charge in [-0.3, -0.25) is 4.79 Å². The average Bonchev–Trinajstić information content (AvgIpc) is 2.67. The third-order valence-corrected chi connectivity index (χ3v) is 4.27. The molecular weight excluding hydrogens is 335 g/mol. The third-order valence-electron chi connectivity index (χ3n) is 4.27. The Hall–Kier alpha value is -3.20. The second kappa shape index (κ2) is 7.79. The first-order valence-electron chi connectivity index (χ1n) is 8.34. The first-order chi connectivity index (χ1) is 12.6. The lowest BCUT2D eigenvalue weighted by Crippen LogP contribution is -2.35. The fourth-order valence-electron chi connectivity index (χ4n) is 2.84. The van der Waals surface area contributed by atoms with Gasteiger partial charge in [0.1, 0.15) is 12.4 Å². The number of halogens is 1. The summed E-state index contributed by atoms with van der Waals surface area (Å²) in [4.78, 5) is 25.8. The molecule has 2 aromatic rings. The van der Waals surface area contributed by atoms with Crippen molar-refractivity contribution in [2.75, 3.05) is 11.4 Å². The molecule has 1 aliphatic rings. The summed E-state index contributed by atoms with van der Waals surface area (Å²) < 4.78 is 18.8. The highest BCUT2D eigenvalue weighted by atomic mass is 19.1. The molecule has 2 aromatic carbocycles. The molecule has 0 atom stereocenters. The molecule has 0 radical (unpaired) electrons. The van der Waals surface area contributed by atoms with Crippen LogP contribution in [-0.2, 0) is 16.1 Å². The van der Waals surface area contributed by atoms with E-state index in [1.165, 1.54) is 18.2 Å². The van der Waals surface area contributed by atoms with E-state index in [1.807, 2.05) is 6.07 Å². The summed E-state index contributed by atoms with van der Waals surface area (Å²) in [6.45, 7) is 0.420. The molecule has 0 unspecified atom stereocenters. The van der Waals surface area contributed by atoms with Crippen LogP contribution < -0.4 is 4.90 Å². The summed E-state index contributed by atoms with van der Waals surface area (Å²) in [6.07, 6.45) is 2.41. The Morgan fingerprint density at radius 1 is 1.19 bits per heavy atom. The number of ether oxygens (including phenoxy) is 1. The number of carbonyl (C=O) groups is 2. The molecule has 0 aromatic heterocycles. The van der Waals surface area contributed by atoms with Gasteiger partial charge in [-0.25, -0.2) is 9.18 Å². The fourth-order valence-corrected chi connectivity index (χ4v) is 2.84. The van der Waals surface area contributed by atoms with Crippen LogP contribution in [0.15, 0.2) is 42.5 Å². The van der Waals surface area contributed by atoms with Gasteiger partial charge >= 0.3 is 5.97 Å². The second-order valence-corrected chi connectivity index (χ2v) is 6.04. The lowest BCUT2D eigenvalue weighted by molar-refractivity contribution is -0.119. The number of nitriles is 1. The van der Waals surface area contributed by atoms with Gasteiger partial charge in [0, 0.05) is 24.2 Å². The Bertz CT molecular complexity index is 872. The normalized spacial score (nSPS) is 14.0. The van der Waals surface area contributed by atoms with Gasteiger partial charge in [0.05, 0.1) is 17.2 Å². The Kier molecular flexibility index (Phi) is 5.28. The minimum absolute atomic E-state index is 0.0828. The molecule has 1 aliphatic heterocycles. The number of carbonyl (C=O) groups excluding carboxylic acids is 2. The maximum atomic E-state index is 13.7. The summed E-state index contributed by atoms with van der Waals surface area (Å²) >= 11 is 0. The number of anilines is 1. The van der Waals surface area contributed by atoms with Gasteiger partial charge in [-0.05, 0) is 55.3 Å². The molecule has 3 rings (SSSR count). The number of piperidine rings is 1. The molecular formula is C20H17FN2O3. The second-order valence-electron chi connectivity index (χ2n) is 6.04. The first kappa shape index (κ1) is 17.6. The summed E-state index contributed by atoms with van der Waals surface area (Å²) in [7, 11) is 0. The van der Waals surface area contributed by atoms with Gasteiger partial charge in [-0.15, -0.1) is 0 Å². The minimum Gasteiger partial charge on any atom is -0.457 e. The van der Waals surface area contributed by atoms with Crippen molar-refractivity contribution in [1.82, 2.24) is 0 Å². The number of esters is 1. The number of hydrogen-bond acceptors (Lipinski definition) is 4. The zero-order valence-corrected chi connectivity index (χ0v) is 14.1. The SMILES string of the molecule is N#Cc1ccc(F)c(COC(=O)c2ccc(N3CCCCC3=O)cc2)c1. The fraction of sp³-hybridized carbons (Fsp3) is 0.250. The lowest BCUT2D eigenvalue weighted by Gasteiger charge is -2.26. The highest BCUT2D eigenvalue weighted by Gasteiger charge is 2.20. The average molecular weight is 352 g/mol. The van der Waals surface area contributed by atoms with Crippen LogP contribution in [0, 0.1) is 17.1 Å². The van der Waals surface area contributed by atoms with Gasteiger partial charge in [0.25, 0.3) is 0 Å². The van der Waals surface area contributed by atoms with E-state index in [4.69, 9.17) is 10.00 Å². The topological polar surface area (TPSA) is 70.4 Å². The smallest absolute Gasteiger partial charge is 0.338 e. The summed E-state index contributed by atoms with van der Waals surface area (Å²) in [5.74, 6) is -1.04. The standard InChI is InChI=1S/C20H17FN2O3/c21-18-9-4-14(12-22)11-16(18)13-26-20(25)15-5-7-17(8-6-15)23-10-2-1-3-19(23)24/h4-9,11H,1-3,10,13H2. The van der Waals surface area contributed by atoms with Crippen molar-refractivity contribution in [3.63, 3.8) is 0 Å². The number of amides is 1. The van der Waals surface area contributed by atoms with Crippen LogP contribution in [0.5, 0.6) is 0 Å². The van der Waals surface area contributed by atoms with E-state index in [1.54, 1.807) is 29.2 Å². The van der Waals surface area contributed by atoms with E-state index in [-0.39, 0.29) is 18.1 Å². The highest BCUT2D eigenvalue weighted by molar-refractivity contribution is 5.95. The molecule has 1 saturated heterocycles. The van der Waals surface area contributed by atoms with E-state index in [0.717, 1.165) is 18.5 Å². The molecule has 26 heavy (non-hydrogen) atoms. The predicted octanol–water partition coefficient (Wildman–Crippen LogP) is 3.57. The van der Waals surface area contributed by atoms with Crippen molar-refractivity contribution in [2.24, 2.45) is 0 Å². The monoisotopic (exact) mass is 352 g/mol. The third kappa shape index (κ3) is 3.89. The molecule has 0 N–H and O–H groups in total. The zero-order valence-electron chi connectivity index (χ0n) is 14.1. The summed E-state index contributed by atoms with van der Waals surface area (Å²) in [5, 5.41) is 8.85. The number of benzene rings is 2. The van der Waals surface area contributed by atoms with Gasteiger partial charge in [0.2, 0.25) is 5.91 Å². The number of hydrogen-bond donors (Lipinski definition) is 0. The van der Waals surface area contributed by atoms with E-state index in [9.17, 15) is 14.0 Å². The molecule has 0 bridgehead atoms. The van der Waals surface area contributed by atoms with E-state index >= 15 is 0 Å². The highest BCUT2D eigenvalue weighted by Crippen LogP contribution is 2.22. The maximum absolute atomic E-state index is 13.7. The minimum atomic E-state index is -0.594. The molecule has 0 saturated carbocycles. The number of nitrogens with zero attached hydrogens (tertiary/aromatic N) is 2. The van der Waals surface area contributed by atoms with Crippen molar-refractivity contribution in [1.29, 1.82) is 5.26 Å². The molecule has 1 fully saturated rings. The molecule has 6 heteroatoms. The van der Waals surface area contributed by atoms with E-state index < -0.39 is 11.8 Å². The van der Waals surface area contributed by atoms with E-state index in [2.05, 4.69) is 0 Å². The van der Waals surface area contributed by atoms with E-state index in [0.29, 0.717) is 24.1 Å². The van der Waals surface area contributed by atoms with Crippen LogP contribution in [0.25, 0.3) is 0 Å². The summed E-state index contributed by atoms with van der Waals surface area (Å²) in [6, 6.07) is 12.4. The number of rotatable bonds is 4. The van der Waals surface area contributed by atoms with Crippen molar-refractivity contribution in [2.45, 2.75) is 25.9 Å². The van der Waals surface area contributed by atoms with Gasteiger partial charge in [-0.1, -0.05) is 0 Å². The maximum Gasteiger partial charge on any atom is 0.338 e. The van der Waals surface area contributed by atoms with Crippen molar-refractivity contribution >= 4 is 17.6 Å².